The molecule has 98 valence electrons. The summed E-state index contributed by atoms with van der Waals surface area (Å²) in [6, 6.07) is 0.133. The Morgan fingerprint density at radius 2 is 2.00 bits per heavy atom. The molecule has 1 aliphatic heterocycles. The number of nitrogens with zero attached hydrogens (tertiary/aromatic N) is 1. The van der Waals surface area contributed by atoms with Crippen LogP contribution in [-0.4, -0.2) is 35.8 Å². The lowest BCUT2D eigenvalue weighted by Crippen LogP contribution is -2.52. The number of carbonyl (C=O) groups excluding carboxylic acids is 2. The number of hydrogen-bond donors (Lipinski definition) is 1. The average Bonchev–Trinajstić information content (AvgIpc) is 2.27. The van der Waals surface area contributed by atoms with Crippen LogP contribution in [0.2, 0.25) is 0 Å². The minimum atomic E-state index is -0.00366. The van der Waals surface area contributed by atoms with Gasteiger partial charge in [-0.3, -0.25) is 9.59 Å². The van der Waals surface area contributed by atoms with Crippen molar-refractivity contribution in [3.63, 3.8) is 0 Å². The van der Waals surface area contributed by atoms with E-state index in [-0.39, 0.29) is 17.9 Å². The SMILES string of the molecule is CCCC1CC(NC(C)=O)CN(C(=O)CC)C1. The zero-order valence-electron chi connectivity index (χ0n) is 11.2. The number of nitrogens with one attached hydrogen (secondary N) is 1. The van der Waals surface area contributed by atoms with Crippen LogP contribution in [0.15, 0.2) is 0 Å². The van der Waals surface area contributed by atoms with Crippen LogP contribution >= 0.6 is 0 Å². The molecule has 0 saturated carbocycles. The van der Waals surface area contributed by atoms with Gasteiger partial charge in [-0.25, -0.2) is 0 Å². The fourth-order valence-corrected chi connectivity index (χ4v) is 2.64. The zero-order chi connectivity index (χ0) is 12.8. The third-order valence-corrected chi connectivity index (χ3v) is 3.30. The Kier molecular flexibility index (Phi) is 5.45. The Hall–Kier alpha value is -1.06. The largest absolute Gasteiger partial charge is 0.352 e. The first kappa shape index (κ1) is 14.0. The van der Waals surface area contributed by atoms with Gasteiger partial charge in [0.1, 0.15) is 0 Å². The molecule has 1 saturated heterocycles. The summed E-state index contributed by atoms with van der Waals surface area (Å²) in [7, 11) is 0. The predicted octanol–water partition coefficient (Wildman–Crippen LogP) is 1.55. The molecule has 0 aromatic rings. The predicted molar refractivity (Wildman–Crippen MR) is 67.5 cm³/mol. The highest BCUT2D eigenvalue weighted by molar-refractivity contribution is 5.76. The van der Waals surface area contributed by atoms with Crippen molar-refractivity contribution >= 4 is 11.8 Å². The lowest BCUT2D eigenvalue weighted by Gasteiger charge is -2.38. The van der Waals surface area contributed by atoms with Gasteiger partial charge in [0.05, 0.1) is 0 Å². The van der Waals surface area contributed by atoms with Gasteiger partial charge in [-0.2, -0.15) is 0 Å². The van der Waals surface area contributed by atoms with Gasteiger partial charge in [0.2, 0.25) is 11.8 Å². The second kappa shape index (κ2) is 6.62. The molecular formula is C13H24N2O2. The summed E-state index contributed by atoms with van der Waals surface area (Å²) in [6.07, 6.45) is 3.81. The van der Waals surface area contributed by atoms with E-state index in [4.69, 9.17) is 0 Å². The van der Waals surface area contributed by atoms with Crippen molar-refractivity contribution in [2.45, 2.75) is 52.5 Å². The molecule has 4 nitrogen and oxygen atoms in total. The highest BCUT2D eigenvalue weighted by atomic mass is 16.2. The Balaban J connectivity index is 2.61. The first-order chi connectivity index (χ1) is 8.06. The van der Waals surface area contributed by atoms with Crippen LogP contribution in [0.1, 0.15) is 46.5 Å². The van der Waals surface area contributed by atoms with Gasteiger partial charge in [0.15, 0.2) is 0 Å². The van der Waals surface area contributed by atoms with Crippen molar-refractivity contribution in [1.29, 1.82) is 0 Å². The summed E-state index contributed by atoms with van der Waals surface area (Å²) < 4.78 is 0. The fourth-order valence-electron chi connectivity index (χ4n) is 2.64. The van der Waals surface area contributed by atoms with Crippen LogP contribution in [0.3, 0.4) is 0 Å². The lowest BCUT2D eigenvalue weighted by molar-refractivity contribution is -0.134. The standard InChI is InChI=1S/C13H24N2O2/c1-4-6-11-7-12(14-10(3)16)9-15(8-11)13(17)5-2/h11-12H,4-9H2,1-3H3,(H,14,16). The second-order valence-electron chi connectivity index (χ2n) is 4.94. The molecule has 0 aliphatic carbocycles. The number of piperidine rings is 1. The molecule has 0 bridgehead atoms. The summed E-state index contributed by atoms with van der Waals surface area (Å²) in [6.45, 7) is 7.12. The molecule has 0 spiro atoms. The minimum absolute atomic E-state index is 0.00366. The molecule has 0 aromatic carbocycles. The number of amides is 2. The highest BCUT2D eigenvalue weighted by Crippen LogP contribution is 2.21. The van der Waals surface area contributed by atoms with Crippen LogP contribution in [-0.2, 0) is 9.59 Å². The summed E-state index contributed by atoms with van der Waals surface area (Å²) >= 11 is 0. The summed E-state index contributed by atoms with van der Waals surface area (Å²) in [5, 5.41) is 2.95. The van der Waals surface area contributed by atoms with E-state index in [1.807, 2.05) is 11.8 Å². The first-order valence-corrected chi connectivity index (χ1v) is 6.61. The first-order valence-electron chi connectivity index (χ1n) is 6.61. The van der Waals surface area contributed by atoms with Gasteiger partial charge >= 0.3 is 0 Å². The van der Waals surface area contributed by atoms with Crippen molar-refractivity contribution < 1.29 is 9.59 Å². The fraction of sp³-hybridized carbons (Fsp3) is 0.846. The number of carbonyl (C=O) groups is 2. The van der Waals surface area contributed by atoms with Crippen molar-refractivity contribution in [3.05, 3.63) is 0 Å². The van der Waals surface area contributed by atoms with E-state index in [0.717, 1.165) is 25.8 Å². The van der Waals surface area contributed by atoms with Crippen molar-refractivity contribution in [1.82, 2.24) is 10.2 Å². The molecule has 1 aliphatic rings. The van der Waals surface area contributed by atoms with Gasteiger partial charge in [-0.15, -0.1) is 0 Å². The highest BCUT2D eigenvalue weighted by Gasteiger charge is 2.29. The molecule has 2 atom stereocenters. The molecular weight excluding hydrogens is 216 g/mol. The Bertz CT molecular complexity index is 279. The number of rotatable bonds is 4. The van der Waals surface area contributed by atoms with Crippen LogP contribution in [0.25, 0.3) is 0 Å². The number of hydrogen-bond acceptors (Lipinski definition) is 2. The van der Waals surface area contributed by atoms with E-state index in [0.29, 0.717) is 18.9 Å². The van der Waals surface area contributed by atoms with Crippen molar-refractivity contribution in [2.24, 2.45) is 5.92 Å². The maximum atomic E-state index is 11.8. The average molecular weight is 240 g/mol. The Morgan fingerprint density at radius 1 is 1.29 bits per heavy atom. The lowest BCUT2D eigenvalue weighted by atomic mass is 9.90. The molecule has 1 fully saturated rings. The molecule has 1 N–H and O–H groups in total. The van der Waals surface area contributed by atoms with Crippen molar-refractivity contribution in [3.8, 4) is 0 Å². The maximum absolute atomic E-state index is 11.8. The van der Waals surface area contributed by atoms with Gasteiger partial charge in [-0.05, 0) is 18.8 Å². The summed E-state index contributed by atoms with van der Waals surface area (Å²) in [5.41, 5.74) is 0. The maximum Gasteiger partial charge on any atom is 0.222 e. The summed E-state index contributed by atoms with van der Waals surface area (Å²) in [4.78, 5) is 24.8. The van der Waals surface area contributed by atoms with E-state index in [1.54, 1.807) is 0 Å². The second-order valence-corrected chi connectivity index (χ2v) is 4.94. The minimum Gasteiger partial charge on any atom is -0.352 e. The Morgan fingerprint density at radius 3 is 2.53 bits per heavy atom. The van der Waals surface area contributed by atoms with Gasteiger partial charge in [0, 0.05) is 32.5 Å². The molecule has 2 amide bonds. The molecule has 1 heterocycles. The van der Waals surface area contributed by atoms with Gasteiger partial charge in [0.25, 0.3) is 0 Å². The van der Waals surface area contributed by atoms with E-state index in [2.05, 4.69) is 12.2 Å². The molecule has 17 heavy (non-hydrogen) atoms. The molecule has 1 rings (SSSR count). The quantitative estimate of drug-likeness (QED) is 0.810. The van der Waals surface area contributed by atoms with Crippen LogP contribution in [0.5, 0.6) is 0 Å². The van der Waals surface area contributed by atoms with Gasteiger partial charge < -0.3 is 10.2 Å². The molecule has 4 heteroatoms. The van der Waals surface area contributed by atoms with Crippen LogP contribution in [0, 0.1) is 5.92 Å². The topological polar surface area (TPSA) is 49.4 Å². The molecule has 0 radical (unpaired) electrons. The van der Waals surface area contributed by atoms with E-state index in [1.165, 1.54) is 6.92 Å². The number of likely N-dealkylation sites (tertiary alicyclic amines) is 1. The normalized spacial score (nSPS) is 24.5. The van der Waals surface area contributed by atoms with E-state index < -0.39 is 0 Å². The van der Waals surface area contributed by atoms with Crippen molar-refractivity contribution in [2.75, 3.05) is 13.1 Å². The summed E-state index contributed by atoms with van der Waals surface area (Å²) in [5.74, 6) is 0.721. The monoisotopic (exact) mass is 240 g/mol. The Labute approximate surface area is 104 Å². The zero-order valence-corrected chi connectivity index (χ0v) is 11.2. The third-order valence-electron chi connectivity index (χ3n) is 3.30. The van der Waals surface area contributed by atoms with Crippen LogP contribution < -0.4 is 5.32 Å². The smallest absolute Gasteiger partial charge is 0.222 e. The van der Waals surface area contributed by atoms with Gasteiger partial charge in [-0.1, -0.05) is 20.3 Å². The van der Waals surface area contributed by atoms with E-state index in [9.17, 15) is 9.59 Å². The van der Waals surface area contributed by atoms with Crippen LogP contribution in [0.4, 0.5) is 0 Å². The molecule has 2 unspecified atom stereocenters. The molecule has 0 aromatic heterocycles. The van der Waals surface area contributed by atoms with E-state index >= 15 is 0 Å². The third kappa shape index (κ3) is 4.36.